The minimum atomic E-state index is 0.363. The fraction of sp³-hybridized carbons (Fsp3) is 0.176. The molecule has 0 aliphatic rings. The molecule has 4 heteroatoms. The van der Waals surface area contributed by atoms with Crippen LogP contribution in [-0.4, -0.2) is 19.4 Å². The predicted octanol–water partition coefficient (Wildman–Crippen LogP) is 3.30. The minimum Gasteiger partial charge on any atom is -0.490 e. The molecule has 0 fully saturated rings. The molecule has 2 rings (SSSR count). The average Bonchev–Trinajstić information content (AvgIpc) is 2.53. The van der Waals surface area contributed by atoms with Gasteiger partial charge in [0.25, 0.3) is 0 Å². The van der Waals surface area contributed by atoms with Gasteiger partial charge in [0.1, 0.15) is 12.4 Å². The van der Waals surface area contributed by atoms with Crippen LogP contribution in [0.3, 0.4) is 0 Å². The van der Waals surface area contributed by atoms with Crippen LogP contribution in [0.5, 0.6) is 5.75 Å². The molecular formula is C17H16N2O2. The largest absolute Gasteiger partial charge is 0.490 e. The number of nitrogens with zero attached hydrogens (tertiary/aromatic N) is 2. The van der Waals surface area contributed by atoms with Crippen molar-refractivity contribution in [3.05, 3.63) is 65.2 Å². The van der Waals surface area contributed by atoms with Crippen molar-refractivity contribution >= 4 is 6.21 Å². The molecule has 0 saturated heterocycles. The van der Waals surface area contributed by atoms with E-state index in [4.69, 9.17) is 14.8 Å². The second-order valence-electron chi connectivity index (χ2n) is 4.41. The van der Waals surface area contributed by atoms with Crippen LogP contribution >= 0.6 is 0 Å². The number of hydrogen-bond acceptors (Lipinski definition) is 4. The lowest BCUT2D eigenvalue weighted by Crippen LogP contribution is -2.04. The summed E-state index contributed by atoms with van der Waals surface area (Å²) in [5.74, 6) is 0.709. The number of rotatable bonds is 6. The second-order valence-corrected chi connectivity index (χ2v) is 4.41. The van der Waals surface area contributed by atoms with Gasteiger partial charge >= 0.3 is 0 Å². The zero-order valence-electron chi connectivity index (χ0n) is 11.8. The van der Waals surface area contributed by atoms with E-state index in [1.165, 1.54) is 0 Å². The fourth-order valence-electron chi connectivity index (χ4n) is 1.70. The van der Waals surface area contributed by atoms with E-state index < -0.39 is 0 Å². The van der Waals surface area contributed by atoms with E-state index in [2.05, 4.69) is 11.2 Å². The highest BCUT2D eigenvalue weighted by atomic mass is 16.6. The van der Waals surface area contributed by atoms with E-state index in [1.807, 2.05) is 31.2 Å². The van der Waals surface area contributed by atoms with Crippen LogP contribution in [0, 0.1) is 18.3 Å². The van der Waals surface area contributed by atoms with Crippen LogP contribution in [0.25, 0.3) is 0 Å². The molecule has 0 heterocycles. The summed E-state index contributed by atoms with van der Waals surface area (Å²) < 4.78 is 5.47. The predicted molar refractivity (Wildman–Crippen MR) is 81.4 cm³/mol. The topological polar surface area (TPSA) is 54.6 Å². The quantitative estimate of drug-likeness (QED) is 0.463. The van der Waals surface area contributed by atoms with Crippen LogP contribution in [-0.2, 0) is 4.84 Å². The zero-order valence-corrected chi connectivity index (χ0v) is 11.8. The highest BCUT2D eigenvalue weighted by molar-refractivity contribution is 5.80. The van der Waals surface area contributed by atoms with Crippen LogP contribution in [0.4, 0.5) is 0 Å². The van der Waals surface area contributed by atoms with E-state index in [0.717, 1.165) is 11.1 Å². The second kappa shape index (κ2) is 7.71. The molecule has 0 unspecified atom stereocenters. The van der Waals surface area contributed by atoms with Gasteiger partial charge in [-0.15, -0.1) is 0 Å². The van der Waals surface area contributed by atoms with Crippen molar-refractivity contribution in [1.82, 2.24) is 0 Å². The molecule has 0 aliphatic carbocycles. The lowest BCUT2D eigenvalue weighted by Gasteiger charge is -2.05. The highest BCUT2D eigenvalue weighted by Gasteiger charge is 1.95. The molecule has 0 saturated carbocycles. The fourth-order valence-corrected chi connectivity index (χ4v) is 1.70. The van der Waals surface area contributed by atoms with Gasteiger partial charge in [-0.25, -0.2) is 0 Å². The van der Waals surface area contributed by atoms with E-state index >= 15 is 0 Å². The van der Waals surface area contributed by atoms with Gasteiger partial charge in [0.05, 0.1) is 17.8 Å². The third-order valence-corrected chi connectivity index (χ3v) is 2.88. The maximum Gasteiger partial charge on any atom is 0.151 e. The van der Waals surface area contributed by atoms with Gasteiger partial charge in [0.2, 0.25) is 0 Å². The van der Waals surface area contributed by atoms with Gasteiger partial charge in [0.15, 0.2) is 6.61 Å². The summed E-state index contributed by atoms with van der Waals surface area (Å²) in [4.78, 5) is 5.15. The van der Waals surface area contributed by atoms with E-state index in [-0.39, 0.29) is 0 Å². The van der Waals surface area contributed by atoms with Gasteiger partial charge in [-0.2, -0.15) is 5.26 Å². The summed E-state index contributed by atoms with van der Waals surface area (Å²) in [5.41, 5.74) is 2.80. The van der Waals surface area contributed by atoms with Crippen molar-refractivity contribution in [3.63, 3.8) is 0 Å². The Bertz CT molecular complexity index is 643. The number of hydrogen-bond donors (Lipinski definition) is 0. The molecule has 2 aromatic carbocycles. The van der Waals surface area contributed by atoms with Crippen LogP contribution < -0.4 is 4.74 Å². The lowest BCUT2D eigenvalue weighted by atomic mass is 10.1. The summed E-state index contributed by atoms with van der Waals surface area (Å²) in [6, 6.07) is 17.0. The number of aryl methyl sites for hydroxylation is 1. The van der Waals surface area contributed by atoms with Crippen LogP contribution in [0.1, 0.15) is 16.7 Å². The summed E-state index contributed by atoms with van der Waals surface area (Å²) in [5, 5.41) is 12.6. The molecule has 0 spiro atoms. The molecule has 106 valence electrons. The Morgan fingerprint density at radius 2 is 1.86 bits per heavy atom. The first-order chi connectivity index (χ1) is 10.3. The van der Waals surface area contributed by atoms with Gasteiger partial charge in [-0.3, -0.25) is 0 Å². The molecule has 0 amide bonds. The Balaban J connectivity index is 1.70. The third-order valence-electron chi connectivity index (χ3n) is 2.88. The monoisotopic (exact) mass is 280 g/mol. The number of oxime groups is 1. The van der Waals surface area contributed by atoms with Crippen molar-refractivity contribution in [2.75, 3.05) is 13.2 Å². The van der Waals surface area contributed by atoms with Crippen molar-refractivity contribution in [2.24, 2.45) is 5.16 Å². The maximum atomic E-state index is 8.69. The summed E-state index contributed by atoms with van der Waals surface area (Å²) >= 11 is 0. The number of ether oxygens (including phenoxy) is 1. The zero-order chi connectivity index (χ0) is 14.9. The molecule has 4 nitrogen and oxygen atoms in total. The maximum absolute atomic E-state index is 8.69. The standard InChI is InChI=1S/C17H16N2O2/c1-14-4-2-3-5-16(14)13-19-21-11-10-20-17-8-6-15(12-18)7-9-17/h2-9,13H,10-11H2,1H3/b19-13+. The van der Waals surface area contributed by atoms with Gasteiger partial charge < -0.3 is 9.57 Å². The molecule has 21 heavy (non-hydrogen) atoms. The Kier molecular flexibility index (Phi) is 5.36. The summed E-state index contributed by atoms with van der Waals surface area (Å²) in [7, 11) is 0. The van der Waals surface area contributed by atoms with Gasteiger partial charge in [-0.1, -0.05) is 29.4 Å². The number of nitriles is 1. The first-order valence-corrected chi connectivity index (χ1v) is 6.63. The third kappa shape index (κ3) is 4.66. The molecule has 0 aromatic heterocycles. The highest BCUT2D eigenvalue weighted by Crippen LogP contribution is 2.11. The molecule has 2 aromatic rings. The SMILES string of the molecule is Cc1ccccc1/C=N/OCCOc1ccc(C#N)cc1. The van der Waals surface area contributed by atoms with Crippen molar-refractivity contribution in [3.8, 4) is 11.8 Å². The lowest BCUT2D eigenvalue weighted by molar-refractivity contribution is 0.108. The van der Waals surface area contributed by atoms with E-state index in [1.54, 1.807) is 30.5 Å². The molecule has 0 atom stereocenters. The van der Waals surface area contributed by atoms with Crippen molar-refractivity contribution in [1.29, 1.82) is 5.26 Å². The first-order valence-electron chi connectivity index (χ1n) is 6.63. The Morgan fingerprint density at radius 3 is 2.57 bits per heavy atom. The molecule has 0 bridgehead atoms. The Labute approximate surface area is 124 Å². The van der Waals surface area contributed by atoms with E-state index in [0.29, 0.717) is 24.5 Å². The molecule has 0 radical (unpaired) electrons. The minimum absolute atomic E-state index is 0.363. The van der Waals surface area contributed by atoms with Crippen molar-refractivity contribution in [2.45, 2.75) is 6.92 Å². The van der Waals surface area contributed by atoms with Gasteiger partial charge in [-0.05, 0) is 42.3 Å². The van der Waals surface area contributed by atoms with E-state index in [9.17, 15) is 0 Å². The smallest absolute Gasteiger partial charge is 0.151 e. The molecule has 0 N–H and O–H groups in total. The summed E-state index contributed by atoms with van der Waals surface area (Å²) in [6.07, 6.45) is 1.69. The Hall–Kier alpha value is -2.80. The summed E-state index contributed by atoms with van der Waals surface area (Å²) in [6.45, 7) is 2.79. The average molecular weight is 280 g/mol. The van der Waals surface area contributed by atoms with Gasteiger partial charge in [0, 0.05) is 0 Å². The molecule has 0 aliphatic heterocycles. The normalized spacial score (nSPS) is 10.3. The van der Waals surface area contributed by atoms with Crippen molar-refractivity contribution < 1.29 is 9.57 Å². The van der Waals surface area contributed by atoms with Crippen LogP contribution in [0.15, 0.2) is 53.7 Å². The van der Waals surface area contributed by atoms with Crippen LogP contribution in [0.2, 0.25) is 0 Å². The number of benzene rings is 2. The Morgan fingerprint density at radius 1 is 1.10 bits per heavy atom. The first kappa shape index (κ1) is 14.6. The molecular weight excluding hydrogens is 264 g/mol.